The molecular formula is C14H17F3N2. The SMILES string of the molecule is CNC(C)Cc1cn(C)c2cc(C(F)(F)F)ccc12. The average Bonchev–Trinajstić information content (AvgIpc) is 2.65. The van der Waals surface area contributed by atoms with E-state index < -0.39 is 11.7 Å². The third kappa shape index (κ3) is 2.76. The lowest BCUT2D eigenvalue weighted by Gasteiger charge is -2.09. The van der Waals surface area contributed by atoms with E-state index in [1.54, 1.807) is 17.7 Å². The van der Waals surface area contributed by atoms with Crippen LogP contribution in [0.25, 0.3) is 10.9 Å². The minimum Gasteiger partial charge on any atom is -0.350 e. The van der Waals surface area contributed by atoms with Gasteiger partial charge in [0.2, 0.25) is 0 Å². The first-order valence-electron chi connectivity index (χ1n) is 6.15. The molecule has 0 aliphatic heterocycles. The highest BCUT2D eigenvalue weighted by molar-refractivity contribution is 5.84. The summed E-state index contributed by atoms with van der Waals surface area (Å²) in [6.45, 7) is 2.04. The van der Waals surface area contributed by atoms with E-state index in [1.165, 1.54) is 6.07 Å². The smallest absolute Gasteiger partial charge is 0.350 e. The van der Waals surface area contributed by atoms with Crippen molar-refractivity contribution in [2.75, 3.05) is 7.05 Å². The first kappa shape index (κ1) is 13.9. The Morgan fingerprint density at radius 2 is 2.00 bits per heavy atom. The predicted molar refractivity (Wildman–Crippen MR) is 70.1 cm³/mol. The van der Waals surface area contributed by atoms with Gasteiger partial charge in [0.15, 0.2) is 0 Å². The second-order valence-corrected chi connectivity index (χ2v) is 4.89. The number of hydrogen-bond acceptors (Lipinski definition) is 1. The lowest BCUT2D eigenvalue weighted by Crippen LogP contribution is -2.23. The zero-order valence-electron chi connectivity index (χ0n) is 11.2. The molecule has 0 aliphatic rings. The number of fused-ring (bicyclic) bond motifs is 1. The van der Waals surface area contributed by atoms with E-state index in [0.29, 0.717) is 5.52 Å². The van der Waals surface area contributed by atoms with E-state index >= 15 is 0 Å². The van der Waals surface area contributed by atoms with Crippen LogP contribution in [0.15, 0.2) is 24.4 Å². The molecule has 0 saturated carbocycles. The van der Waals surface area contributed by atoms with Crippen LogP contribution in [0.5, 0.6) is 0 Å². The number of benzene rings is 1. The molecule has 1 aromatic heterocycles. The lowest BCUT2D eigenvalue weighted by molar-refractivity contribution is -0.137. The van der Waals surface area contributed by atoms with Gasteiger partial charge in [-0.1, -0.05) is 6.07 Å². The van der Waals surface area contributed by atoms with Crippen LogP contribution < -0.4 is 5.32 Å². The van der Waals surface area contributed by atoms with Crippen molar-refractivity contribution in [3.63, 3.8) is 0 Å². The molecule has 2 nitrogen and oxygen atoms in total. The lowest BCUT2D eigenvalue weighted by atomic mass is 10.0. The monoisotopic (exact) mass is 270 g/mol. The molecule has 1 aromatic carbocycles. The normalized spacial score (nSPS) is 14.0. The van der Waals surface area contributed by atoms with Crippen LogP contribution in [-0.2, 0) is 19.6 Å². The van der Waals surface area contributed by atoms with Crippen LogP contribution in [0.2, 0.25) is 0 Å². The molecule has 0 amide bonds. The first-order chi connectivity index (χ1) is 8.82. The maximum absolute atomic E-state index is 12.7. The first-order valence-corrected chi connectivity index (χ1v) is 6.15. The fourth-order valence-electron chi connectivity index (χ4n) is 2.24. The quantitative estimate of drug-likeness (QED) is 0.905. The highest BCUT2D eigenvalue weighted by Crippen LogP contribution is 2.32. The number of halogens is 3. The topological polar surface area (TPSA) is 17.0 Å². The summed E-state index contributed by atoms with van der Waals surface area (Å²) in [7, 11) is 3.65. The number of nitrogens with zero attached hydrogens (tertiary/aromatic N) is 1. The number of rotatable bonds is 3. The maximum Gasteiger partial charge on any atom is 0.416 e. The van der Waals surface area contributed by atoms with Gasteiger partial charge in [-0.25, -0.2) is 0 Å². The second kappa shape index (κ2) is 4.89. The Labute approximate surface area is 110 Å². The largest absolute Gasteiger partial charge is 0.416 e. The molecule has 0 bridgehead atoms. The number of aryl methyl sites for hydroxylation is 1. The number of likely N-dealkylation sites (N-methyl/N-ethyl adjacent to an activating group) is 1. The zero-order valence-corrected chi connectivity index (χ0v) is 11.2. The molecule has 1 heterocycles. The Kier molecular flexibility index (Phi) is 3.58. The van der Waals surface area contributed by atoms with E-state index in [1.807, 2.05) is 20.2 Å². The predicted octanol–water partition coefficient (Wildman–Crippen LogP) is 3.35. The fraction of sp³-hybridized carbons (Fsp3) is 0.429. The summed E-state index contributed by atoms with van der Waals surface area (Å²) < 4.78 is 39.9. The molecule has 1 atom stereocenters. The van der Waals surface area contributed by atoms with Crippen LogP contribution >= 0.6 is 0 Å². The zero-order chi connectivity index (χ0) is 14.2. The van der Waals surface area contributed by atoms with Gasteiger partial charge in [0.05, 0.1) is 5.56 Å². The van der Waals surface area contributed by atoms with Crippen LogP contribution in [0.3, 0.4) is 0 Å². The van der Waals surface area contributed by atoms with E-state index in [9.17, 15) is 13.2 Å². The van der Waals surface area contributed by atoms with E-state index in [-0.39, 0.29) is 6.04 Å². The van der Waals surface area contributed by atoms with Crippen molar-refractivity contribution in [1.29, 1.82) is 0 Å². The molecule has 0 saturated heterocycles. The summed E-state index contributed by atoms with van der Waals surface area (Å²) in [5.41, 5.74) is 1.08. The fourth-order valence-corrected chi connectivity index (χ4v) is 2.24. The summed E-state index contributed by atoms with van der Waals surface area (Å²) in [5.74, 6) is 0. The molecular weight excluding hydrogens is 253 g/mol. The van der Waals surface area contributed by atoms with Crippen molar-refractivity contribution in [2.24, 2.45) is 7.05 Å². The average molecular weight is 270 g/mol. The van der Waals surface area contributed by atoms with Gasteiger partial charge in [-0.3, -0.25) is 0 Å². The molecule has 104 valence electrons. The van der Waals surface area contributed by atoms with E-state index in [2.05, 4.69) is 5.32 Å². The Hall–Kier alpha value is -1.49. The van der Waals surface area contributed by atoms with Gasteiger partial charge in [0, 0.05) is 30.2 Å². The van der Waals surface area contributed by atoms with Crippen LogP contribution in [-0.4, -0.2) is 17.7 Å². The molecule has 0 spiro atoms. The van der Waals surface area contributed by atoms with Crippen LogP contribution in [0.4, 0.5) is 13.2 Å². The molecule has 0 radical (unpaired) electrons. The third-order valence-corrected chi connectivity index (χ3v) is 3.42. The van der Waals surface area contributed by atoms with Crippen molar-refractivity contribution < 1.29 is 13.2 Å². The van der Waals surface area contributed by atoms with Crippen molar-refractivity contribution in [1.82, 2.24) is 9.88 Å². The number of alkyl halides is 3. The molecule has 1 unspecified atom stereocenters. The van der Waals surface area contributed by atoms with Gasteiger partial charge in [-0.05, 0) is 38.1 Å². The standard InChI is InChI=1S/C14H17F3N2/c1-9(18-2)6-10-8-19(3)13-7-11(14(15,16)17)4-5-12(10)13/h4-5,7-9,18H,6H2,1-3H3. The van der Waals surface area contributed by atoms with Gasteiger partial charge >= 0.3 is 6.18 Å². The molecule has 1 N–H and O–H groups in total. The number of hydrogen-bond donors (Lipinski definition) is 1. The highest BCUT2D eigenvalue weighted by Gasteiger charge is 2.30. The summed E-state index contributed by atoms with van der Waals surface area (Å²) in [4.78, 5) is 0. The Balaban J connectivity index is 2.48. The van der Waals surface area contributed by atoms with Crippen LogP contribution in [0, 0.1) is 0 Å². The highest BCUT2D eigenvalue weighted by atomic mass is 19.4. The molecule has 2 rings (SSSR count). The van der Waals surface area contributed by atoms with Crippen molar-refractivity contribution in [3.8, 4) is 0 Å². The molecule has 5 heteroatoms. The second-order valence-electron chi connectivity index (χ2n) is 4.89. The summed E-state index contributed by atoms with van der Waals surface area (Å²) in [6, 6.07) is 4.21. The molecule has 2 aromatic rings. The third-order valence-electron chi connectivity index (χ3n) is 3.42. The summed E-state index contributed by atoms with van der Waals surface area (Å²) in [5, 5.41) is 4.02. The number of nitrogens with one attached hydrogen (secondary N) is 1. The summed E-state index contributed by atoms with van der Waals surface area (Å²) >= 11 is 0. The van der Waals surface area contributed by atoms with Crippen molar-refractivity contribution >= 4 is 10.9 Å². The van der Waals surface area contributed by atoms with E-state index in [4.69, 9.17) is 0 Å². The molecule has 0 fully saturated rings. The van der Waals surface area contributed by atoms with Crippen molar-refractivity contribution in [2.45, 2.75) is 25.6 Å². The van der Waals surface area contributed by atoms with Gasteiger partial charge in [0.25, 0.3) is 0 Å². The Morgan fingerprint density at radius 3 is 2.58 bits per heavy atom. The maximum atomic E-state index is 12.7. The van der Waals surface area contributed by atoms with Gasteiger partial charge < -0.3 is 9.88 Å². The minimum atomic E-state index is -4.29. The summed E-state index contributed by atoms with van der Waals surface area (Å²) in [6.07, 6.45) is -1.60. The Bertz CT molecular complexity index is 584. The van der Waals surface area contributed by atoms with Gasteiger partial charge in [-0.15, -0.1) is 0 Å². The molecule has 19 heavy (non-hydrogen) atoms. The van der Waals surface area contributed by atoms with Gasteiger partial charge in [0.1, 0.15) is 0 Å². The Morgan fingerprint density at radius 1 is 1.32 bits per heavy atom. The van der Waals surface area contributed by atoms with Crippen molar-refractivity contribution in [3.05, 3.63) is 35.5 Å². The number of aromatic nitrogens is 1. The minimum absolute atomic E-state index is 0.285. The van der Waals surface area contributed by atoms with Gasteiger partial charge in [-0.2, -0.15) is 13.2 Å². The van der Waals surface area contributed by atoms with E-state index in [0.717, 1.165) is 23.4 Å². The van der Waals surface area contributed by atoms with Crippen LogP contribution in [0.1, 0.15) is 18.1 Å². The molecule has 0 aliphatic carbocycles.